The van der Waals surface area contributed by atoms with E-state index in [9.17, 15) is 18.8 Å². The van der Waals surface area contributed by atoms with E-state index in [-0.39, 0.29) is 12.2 Å². The number of carbonyl (C=O) groups is 3. The predicted octanol–water partition coefficient (Wildman–Crippen LogP) is 1.74. The number of amides is 2. The summed E-state index contributed by atoms with van der Waals surface area (Å²) in [4.78, 5) is 34.8. The van der Waals surface area contributed by atoms with E-state index in [0.717, 1.165) is 0 Å². The number of halogens is 1. The number of ether oxygens (including phenoxy) is 1. The average Bonchev–Trinajstić information content (AvgIpc) is 2.60. The van der Waals surface area contributed by atoms with Gasteiger partial charge in [-0.1, -0.05) is 30.3 Å². The highest BCUT2D eigenvalue weighted by atomic mass is 19.1. The minimum Gasteiger partial charge on any atom is -0.454 e. The molecule has 124 valence electrons. The minimum atomic E-state index is -0.775. The largest absolute Gasteiger partial charge is 0.454 e. The van der Waals surface area contributed by atoms with E-state index in [2.05, 4.69) is 10.6 Å². The Bertz CT molecular complexity index is 734. The molecule has 0 radical (unpaired) electrons. The number of hydrogen-bond acceptors (Lipinski definition) is 4. The number of hydrogen-bond donors (Lipinski definition) is 2. The molecule has 24 heavy (non-hydrogen) atoms. The van der Waals surface area contributed by atoms with Gasteiger partial charge in [-0.05, 0) is 24.3 Å². The third-order valence-corrected chi connectivity index (χ3v) is 2.94. The molecule has 0 aliphatic rings. The number of para-hydroxylation sites is 1. The molecule has 2 N–H and O–H groups in total. The molecule has 0 unspecified atom stereocenters. The predicted molar refractivity (Wildman–Crippen MR) is 84.8 cm³/mol. The maximum absolute atomic E-state index is 13.3. The van der Waals surface area contributed by atoms with Crippen LogP contribution in [-0.4, -0.2) is 30.9 Å². The lowest BCUT2D eigenvalue weighted by Crippen LogP contribution is -2.32. The Morgan fingerprint density at radius 1 is 0.958 bits per heavy atom. The first-order chi connectivity index (χ1) is 11.6. The molecule has 7 heteroatoms. The summed E-state index contributed by atoms with van der Waals surface area (Å²) in [5.41, 5.74) is 0.401. The Morgan fingerprint density at radius 2 is 1.62 bits per heavy atom. The van der Waals surface area contributed by atoms with Crippen molar-refractivity contribution in [1.29, 1.82) is 0 Å². The Kier molecular flexibility index (Phi) is 6.01. The normalized spacial score (nSPS) is 9.88. The minimum absolute atomic E-state index is 0.00377. The van der Waals surface area contributed by atoms with E-state index in [1.54, 1.807) is 36.4 Å². The van der Waals surface area contributed by atoms with Crippen LogP contribution in [0.15, 0.2) is 54.6 Å². The van der Waals surface area contributed by atoms with E-state index >= 15 is 0 Å². The molecule has 2 amide bonds. The second-order valence-electron chi connectivity index (χ2n) is 4.74. The molecule has 6 nitrogen and oxygen atoms in total. The summed E-state index contributed by atoms with van der Waals surface area (Å²) in [5, 5.41) is 4.65. The molecule has 0 aliphatic heterocycles. The maximum atomic E-state index is 13.3. The van der Waals surface area contributed by atoms with Crippen molar-refractivity contribution >= 4 is 23.5 Å². The number of esters is 1. The van der Waals surface area contributed by atoms with Crippen LogP contribution in [0.2, 0.25) is 0 Å². The fourth-order valence-corrected chi connectivity index (χ4v) is 1.79. The summed E-state index contributed by atoms with van der Waals surface area (Å²) >= 11 is 0. The maximum Gasteiger partial charge on any atom is 0.325 e. The van der Waals surface area contributed by atoms with Crippen LogP contribution in [0.3, 0.4) is 0 Å². The van der Waals surface area contributed by atoms with E-state index in [1.807, 2.05) is 0 Å². The SMILES string of the molecule is O=C(COC(=O)CNC(=O)c1ccccc1)Nc1ccccc1F. The van der Waals surface area contributed by atoms with Gasteiger partial charge in [0, 0.05) is 5.56 Å². The van der Waals surface area contributed by atoms with Crippen LogP contribution in [0, 0.1) is 5.82 Å². The third-order valence-electron chi connectivity index (χ3n) is 2.94. The van der Waals surface area contributed by atoms with E-state index in [4.69, 9.17) is 4.74 Å². The molecule has 2 rings (SSSR count). The van der Waals surface area contributed by atoms with Gasteiger partial charge in [0.25, 0.3) is 11.8 Å². The first kappa shape index (κ1) is 17.1. The summed E-state index contributed by atoms with van der Waals surface area (Å²) < 4.78 is 18.1. The molecule has 2 aromatic rings. The lowest BCUT2D eigenvalue weighted by molar-refractivity contribution is -0.146. The zero-order chi connectivity index (χ0) is 17.4. The highest BCUT2D eigenvalue weighted by molar-refractivity contribution is 5.96. The molecule has 0 fully saturated rings. The van der Waals surface area contributed by atoms with E-state index in [0.29, 0.717) is 5.56 Å². The van der Waals surface area contributed by atoms with Gasteiger partial charge in [-0.2, -0.15) is 0 Å². The van der Waals surface area contributed by atoms with Crippen LogP contribution in [0.25, 0.3) is 0 Å². The monoisotopic (exact) mass is 330 g/mol. The van der Waals surface area contributed by atoms with Gasteiger partial charge in [-0.15, -0.1) is 0 Å². The molecule has 0 aromatic heterocycles. The van der Waals surface area contributed by atoms with Crippen LogP contribution in [0.1, 0.15) is 10.4 Å². The lowest BCUT2D eigenvalue weighted by atomic mass is 10.2. The van der Waals surface area contributed by atoms with Crippen molar-refractivity contribution in [3.8, 4) is 0 Å². The summed E-state index contributed by atoms with van der Waals surface area (Å²) in [6, 6.07) is 14.0. The molecule has 0 atom stereocenters. The Morgan fingerprint density at radius 3 is 2.33 bits per heavy atom. The number of rotatable bonds is 6. The van der Waals surface area contributed by atoms with Gasteiger partial charge in [-0.3, -0.25) is 14.4 Å². The second kappa shape index (κ2) is 8.42. The second-order valence-corrected chi connectivity index (χ2v) is 4.74. The molecule has 0 heterocycles. The molecule has 2 aromatic carbocycles. The highest BCUT2D eigenvalue weighted by Gasteiger charge is 2.11. The highest BCUT2D eigenvalue weighted by Crippen LogP contribution is 2.11. The van der Waals surface area contributed by atoms with Crippen molar-refractivity contribution in [2.75, 3.05) is 18.5 Å². The zero-order valence-corrected chi connectivity index (χ0v) is 12.6. The van der Waals surface area contributed by atoms with Crippen molar-refractivity contribution in [3.63, 3.8) is 0 Å². The quantitative estimate of drug-likeness (QED) is 0.790. The zero-order valence-electron chi connectivity index (χ0n) is 12.6. The third kappa shape index (κ3) is 5.20. The Hall–Kier alpha value is -3.22. The van der Waals surface area contributed by atoms with Crippen molar-refractivity contribution in [3.05, 3.63) is 66.0 Å². The van der Waals surface area contributed by atoms with E-state index < -0.39 is 30.2 Å². The summed E-state index contributed by atoms with van der Waals surface area (Å²) in [7, 11) is 0. The number of nitrogens with one attached hydrogen (secondary N) is 2. The summed E-state index contributed by atoms with van der Waals surface area (Å²) in [6.45, 7) is -0.949. The Balaban J connectivity index is 1.72. The molecular formula is C17H15FN2O4. The molecule has 0 aliphatic carbocycles. The van der Waals surface area contributed by atoms with Gasteiger partial charge >= 0.3 is 5.97 Å². The fourth-order valence-electron chi connectivity index (χ4n) is 1.79. The summed E-state index contributed by atoms with van der Waals surface area (Å²) in [6.07, 6.45) is 0. The molecule has 0 bridgehead atoms. The number of anilines is 1. The standard InChI is InChI=1S/C17H15FN2O4/c18-13-8-4-5-9-14(13)20-15(21)11-24-16(22)10-19-17(23)12-6-2-1-3-7-12/h1-9H,10-11H2,(H,19,23)(H,20,21). The fraction of sp³-hybridized carbons (Fsp3) is 0.118. The first-order valence-electron chi connectivity index (χ1n) is 7.09. The molecule has 0 spiro atoms. The van der Waals surface area contributed by atoms with Gasteiger partial charge in [0.15, 0.2) is 6.61 Å². The molecule has 0 saturated carbocycles. The van der Waals surface area contributed by atoms with Crippen molar-refractivity contribution in [2.24, 2.45) is 0 Å². The number of benzene rings is 2. The van der Waals surface area contributed by atoms with Crippen molar-refractivity contribution < 1.29 is 23.5 Å². The van der Waals surface area contributed by atoms with Crippen molar-refractivity contribution in [2.45, 2.75) is 0 Å². The summed E-state index contributed by atoms with van der Waals surface area (Å²) in [5.74, 6) is -2.47. The van der Waals surface area contributed by atoms with Gasteiger partial charge in [0.2, 0.25) is 0 Å². The van der Waals surface area contributed by atoms with Gasteiger partial charge in [-0.25, -0.2) is 4.39 Å². The number of carbonyl (C=O) groups excluding carboxylic acids is 3. The lowest BCUT2D eigenvalue weighted by Gasteiger charge is -2.08. The van der Waals surface area contributed by atoms with Gasteiger partial charge in [0.1, 0.15) is 12.4 Å². The van der Waals surface area contributed by atoms with Gasteiger partial charge < -0.3 is 15.4 Å². The van der Waals surface area contributed by atoms with Crippen LogP contribution in [0.5, 0.6) is 0 Å². The van der Waals surface area contributed by atoms with Crippen LogP contribution >= 0.6 is 0 Å². The van der Waals surface area contributed by atoms with Crippen LogP contribution < -0.4 is 10.6 Å². The molecular weight excluding hydrogens is 315 g/mol. The first-order valence-corrected chi connectivity index (χ1v) is 7.09. The molecule has 0 saturated heterocycles. The Labute approximate surface area is 137 Å². The van der Waals surface area contributed by atoms with E-state index in [1.165, 1.54) is 18.2 Å². The van der Waals surface area contributed by atoms with Crippen molar-refractivity contribution in [1.82, 2.24) is 5.32 Å². The van der Waals surface area contributed by atoms with Crippen LogP contribution in [0.4, 0.5) is 10.1 Å². The van der Waals surface area contributed by atoms with Crippen LogP contribution in [-0.2, 0) is 14.3 Å². The van der Waals surface area contributed by atoms with Gasteiger partial charge in [0.05, 0.1) is 5.69 Å². The average molecular weight is 330 g/mol. The smallest absolute Gasteiger partial charge is 0.325 e. The topological polar surface area (TPSA) is 84.5 Å².